The smallest absolute Gasteiger partial charge is 0.234 e. The van der Waals surface area contributed by atoms with E-state index in [4.69, 9.17) is 23.2 Å². The first-order valence-corrected chi connectivity index (χ1v) is 6.99. The lowest BCUT2D eigenvalue weighted by atomic mass is 10.2. The van der Waals surface area contributed by atoms with E-state index in [1.807, 2.05) is 25.1 Å². The summed E-state index contributed by atoms with van der Waals surface area (Å²) in [5.74, 6) is 0.734. The quantitative estimate of drug-likeness (QED) is 0.843. The fourth-order valence-electron chi connectivity index (χ4n) is 1.31. The lowest BCUT2D eigenvalue weighted by Gasteiger charge is -2.16. The van der Waals surface area contributed by atoms with Crippen molar-refractivity contribution in [1.29, 1.82) is 0 Å². The zero-order valence-electron chi connectivity index (χ0n) is 10.0. The first kappa shape index (κ1) is 14.7. The molecule has 1 aromatic carbocycles. The fraction of sp³-hybridized carbons (Fsp3) is 0.417. The van der Waals surface area contributed by atoms with Gasteiger partial charge in [-0.15, -0.1) is 11.8 Å². The van der Waals surface area contributed by atoms with E-state index in [0.717, 1.165) is 5.56 Å². The highest BCUT2D eigenvalue weighted by Crippen LogP contribution is 2.29. The van der Waals surface area contributed by atoms with E-state index in [1.165, 1.54) is 11.8 Å². The molecule has 1 rings (SSSR count). The van der Waals surface area contributed by atoms with E-state index in [2.05, 4.69) is 0 Å². The number of amides is 1. The minimum Gasteiger partial charge on any atom is -0.348 e. The highest BCUT2D eigenvalue weighted by Gasteiger charge is 2.16. The van der Waals surface area contributed by atoms with Gasteiger partial charge >= 0.3 is 0 Å². The van der Waals surface area contributed by atoms with Crippen LogP contribution >= 0.6 is 35.0 Å². The summed E-state index contributed by atoms with van der Waals surface area (Å²) in [6, 6.07) is 5.43. The van der Waals surface area contributed by atoms with Crippen molar-refractivity contribution in [1.82, 2.24) is 4.90 Å². The van der Waals surface area contributed by atoms with Gasteiger partial charge in [-0.25, -0.2) is 0 Å². The zero-order valence-corrected chi connectivity index (χ0v) is 12.4. The fourth-order valence-corrected chi connectivity index (χ4v) is 3.08. The van der Waals surface area contributed by atoms with Crippen molar-refractivity contribution >= 4 is 40.9 Å². The Hall–Kier alpha value is -0.380. The van der Waals surface area contributed by atoms with Crippen LogP contribution in [0.5, 0.6) is 0 Å². The SMILES string of the molecule is CC(SCc1c(Cl)cccc1Cl)C(=O)N(C)C. The Bertz CT molecular complexity index is 389. The molecule has 5 heteroatoms. The molecule has 94 valence electrons. The van der Waals surface area contributed by atoms with Crippen molar-refractivity contribution in [2.24, 2.45) is 0 Å². The summed E-state index contributed by atoms with van der Waals surface area (Å²) >= 11 is 13.7. The maximum absolute atomic E-state index is 11.7. The second-order valence-corrected chi connectivity index (χ2v) is 6.03. The van der Waals surface area contributed by atoms with E-state index in [1.54, 1.807) is 19.0 Å². The molecule has 0 saturated carbocycles. The van der Waals surface area contributed by atoms with Gasteiger partial charge in [-0.1, -0.05) is 29.3 Å². The van der Waals surface area contributed by atoms with Crippen LogP contribution in [0, 0.1) is 0 Å². The molecule has 0 aliphatic rings. The Morgan fingerprint density at radius 2 is 1.88 bits per heavy atom. The number of nitrogens with zero attached hydrogens (tertiary/aromatic N) is 1. The molecule has 2 nitrogen and oxygen atoms in total. The molecule has 1 unspecified atom stereocenters. The molecule has 0 aliphatic heterocycles. The third-order valence-corrected chi connectivity index (χ3v) is 4.19. The first-order valence-electron chi connectivity index (χ1n) is 5.19. The van der Waals surface area contributed by atoms with E-state index in [9.17, 15) is 4.79 Å². The van der Waals surface area contributed by atoms with Gasteiger partial charge < -0.3 is 4.90 Å². The van der Waals surface area contributed by atoms with Crippen LogP contribution in [-0.2, 0) is 10.5 Å². The summed E-state index contributed by atoms with van der Waals surface area (Å²) in [5.41, 5.74) is 0.888. The van der Waals surface area contributed by atoms with Gasteiger partial charge in [-0.2, -0.15) is 0 Å². The highest BCUT2D eigenvalue weighted by atomic mass is 35.5. The summed E-state index contributed by atoms with van der Waals surface area (Å²) in [6.45, 7) is 1.89. The maximum Gasteiger partial charge on any atom is 0.234 e. The van der Waals surface area contributed by atoms with Crippen LogP contribution < -0.4 is 0 Å². The number of rotatable bonds is 4. The Morgan fingerprint density at radius 1 is 1.35 bits per heavy atom. The molecule has 0 bridgehead atoms. The monoisotopic (exact) mass is 291 g/mol. The number of halogens is 2. The van der Waals surface area contributed by atoms with Gasteiger partial charge in [0.2, 0.25) is 5.91 Å². The Kier molecular flexibility index (Phi) is 5.63. The number of carbonyl (C=O) groups is 1. The molecule has 1 atom stereocenters. The van der Waals surface area contributed by atoms with Crippen molar-refractivity contribution in [3.63, 3.8) is 0 Å². The summed E-state index contributed by atoms with van der Waals surface area (Å²) in [7, 11) is 3.50. The molecule has 0 aromatic heterocycles. The standard InChI is InChI=1S/C12H15Cl2NOS/c1-8(12(16)15(2)3)17-7-9-10(13)5-4-6-11(9)14/h4-6,8H,7H2,1-3H3. The van der Waals surface area contributed by atoms with E-state index >= 15 is 0 Å². The number of carbonyl (C=O) groups excluding carboxylic acids is 1. The van der Waals surface area contributed by atoms with E-state index < -0.39 is 0 Å². The van der Waals surface area contributed by atoms with E-state index in [0.29, 0.717) is 15.8 Å². The molecular weight excluding hydrogens is 277 g/mol. The maximum atomic E-state index is 11.7. The van der Waals surface area contributed by atoms with E-state index in [-0.39, 0.29) is 11.2 Å². The van der Waals surface area contributed by atoms with Gasteiger partial charge in [0.1, 0.15) is 0 Å². The third kappa shape index (κ3) is 4.09. The van der Waals surface area contributed by atoms with Crippen LogP contribution in [0.2, 0.25) is 10.0 Å². The van der Waals surface area contributed by atoms with Crippen molar-refractivity contribution in [3.05, 3.63) is 33.8 Å². The van der Waals surface area contributed by atoms with Crippen LogP contribution in [0.15, 0.2) is 18.2 Å². The third-order valence-electron chi connectivity index (χ3n) is 2.33. The topological polar surface area (TPSA) is 20.3 Å². The van der Waals surface area contributed by atoms with Crippen molar-refractivity contribution in [2.75, 3.05) is 14.1 Å². The predicted octanol–water partition coefficient (Wildman–Crippen LogP) is 3.70. The summed E-state index contributed by atoms with van der Waals surface area (Å²) < 4.78 is 0. The van der Waals surface area contributed by atoms with Crippen molar-refractivity contribution in [2.45, 2.75) is 17.9 Å². The summed E-state index contributed by atoms with van der Waals surface area (Å²) in [5, 5.41) is 1.20. The molecule has 0 heterocycles. The summed E-state index contributed by atoms with van der Waals surface area (Å²) in [4.78, 5) is 13.3. The van der Waals surface area contributed by atoms with Gasteiger partial charge in [0, 0.05) is 29.9 Å². The molecule has 1 aromatic rings. The minimum absolute atomic E-state index is 0.0955. The van der Waals surface area contributed by atoms with Gasteiger partial charge in [0.05, 0.1) is 5.25 Å². The Labute approximate surface area is 116 Å². The molecule has 0 saturated heterocycles. The molecule has 0 spiro atoms. The number of hydrogen-bond donors (Lipinski definition) is 0. The largest absolute Gasteiger partial charge is 0.348 e. The lowest BCUT2D eigenvalue weighted by molar-refractivity contribution is -0.127. The molecule has 1 amide bonds. The van der Waals surface area contributed by atoms with Gasteiger partial charge in [-0.05, 0) is 24.6 Å². The van der Waals surface area contributed by atoms with Gasteiger partial charge in [0.15, 0.2) is 0 Å². The predicted molar refractivity (Wildman–Crippen MR) is 75.9 cm³/mol. The zero-order chi connectivity index (χ0) is 13.0. The van der Waals surface area contributed by atoms with Crippen molar-refractivity contribution < 1.29 is 4.79 Å². The average Bonchev–Trinajstić information content (AvgIpc) is 2.26. The van der Waals surface area contributed by atoms with Crippen LogP contribution in [0.3, 0.4) is 0 Å². The van der Waals surface area contributed by atoms with Crippen LogP contribution in [0.25, 0.3) is 0 Å². The van der Waals surface area contributed by atoms with Gasteiger partial charge in [0.25, 0.3) is 0 Å². The minimum atomic E-state index is -0.0997. The summed E-state index contributed by atoms with van der Waals surface area (Å²) in [6.07, 6.45) is 0. The van der Waals surface area contributed by atoms with Crippen molar-refractivity contribution in [3.8, 4) is 0 Å². The molecular formula is C12H15Cl2NOS. The second-order valence-electron chi connectivity index (χ2n) is 3.89. The Morgan fingerprint density at radius 3 is 2.35 bits per heavy atom. The van der Waals surface area contributed by atoms with Crippen LogP contribution in [0.1, 0.15) is 12.5 Å². The van der Waals surface area contributed by atoms with Gasteiger partial charge in [-0.3, -0.25) is 4.79 Å². The first-order chi connectivity index (χ1) is 7.93. The number of thioether (sulfide) groups is 1. The number of hydrogen-bond acceptors (Lipinski definition) is 2. The molecule has 0 fully saturated rings. The second kappa shape index (κ2) is 6.53. The molecule has 0 aliphatic carbocycles. The average molecular weight is 292 g/mol. The lowest BCUT2D eigenvalue weighted by Crippen LogP contribution is -2.29. The molecule has 0 N–H and O–H groups in total. The normalized spacial score (nSPS) is 12.3. The molecule has 17 heavy (non-hydrogen) atoms. The highest BCUT2D eigenvalue weighted by molar-refractivity contribution is 7.99. The van der Waals surface area contributed by atoms with Crippen LogP contribution in [0.4, 0.5) is 0 Å². The molecule has 0 radical (unpaired) electrons. The number of benzene rings is 1. The Balaban J connectivity index is 2.65. The van der Waals surface area contributed by atoms with Crippen LogP contribution in [-0.4, -0.2) is 30.2 Å².